The van der Waals surface area contributed by atoms with E-state index in [4.69, 9.17) is 9.47 Å². The summed E-state index contributed by atoms with van der Waals surface area (Å²) in [5, 5.41) is 0. The summed E-state index contributed by atoms with van der Waals surface area (Å²) in [5.41, 5.74) is 0. The molecule has 0 aromatic carbocycles. The van der Waals surface area contributed by atoms with E-state index in [1.165, 1.54) is 6.08 Å². The van der Waals surface area contributed by atoms with E-state index in [1.807, 2.05) is 13.0 Å². The highest BCUT2D eigenvalue weighted by Gasteiger charge is 2.24. The smallest absolute Gasteiger partial charge is 0.330 e. The van der Waals surface area contributed by atoms with Crippen molar-refractivity contribution >= 4 is 5.97 Å². The molecule has 0 N–H and O–H groups in total. The summed E-state index contributed by atoms with van der Waals surface area (Å²) in [4.78, 5) is 13.5. The summed E-state index contributed by atoms with van der Waals surface area (Å²) < 4.78 is 10.8. The molecule has 104 valence electrons. The zero-order valence-corrected chi connectivity index (χ0v) is 11.7. The van der Waals surface area contributed by atoms with Crippen LogP contribution in [0.25, 0.3) is 0 Å². The minimum atomic E-state index is -0.259. The molecule has 1 fully saturated rings. The van der Waals surface area contributed by atoms with E-state index in [2.05, 4.69) is 18.7 Å². The highest BCUT2D eigenvalue weighted by Crippen LogP contribution is 2.15. The molecule has 1 saturated heterocycles. The Morgan fingerprint density at radius 2 is 1.89 bits per heavy atom. The van der Waals surface area contributed by atoms with Crippen LogP contribution in [0, 0.1) is 0 Å². The Morgan fingerprint density at radius 1 is 1.28 bits per heavy atom. The highest BCUT2D eigenvalue weighted by atomic mass is 16.5. The van der Waals surface area contributed by atoms with Crippen LogP contribution in [0.1, 0.15) is 33.6 Å². The van der Waals surface area contributed by atoms with Crippen molar-refractivity contribution in [2.75, 3.05) is 26.2 Å². The van der Waals surface area contributed by atoms with Gasteiger partial charge in [0, 0.05) is 25.7 Å². The monoisotopic (exact) mass is 255 g/mol. The number of rotatable bonds is 6. The third kappa shape index (κ3) is 5.19. The van der Waals surface area contributed by atoms with Crippen LogP contribution in [0.2, 0.25) is 0 Å². The maximum Gasteiger partial charge on any atom is 0.330 e. The predicted molar refractivity (Wildman–Crippen MR) is 71.5 cm³/mol. The van der Waals surface area contributed by atoms with E-state index in [1.54, 1.807) is 0 Å². The molecule has 2 atom stereocenters. The minimum Gasteiger partial charge on any atom is -0.463 e. The molecule has 0 saturated carbocycles. The van der Waals surface area contributed by atoms with Crippen molar-refractivity contribution in [3.05, 3.63) is 12.2 Å². The molecule has 2 unspecified atom stereocenters. The van der Waals surface area contributed by atoms with Gasteiger partial charge in [-0.25, -0.2) is 4.79 Å². The van der Waals surface area contributed by atoms with Crippen LogP contribution in [0.15, 0.2) is 12.2 Å². The maximum atomic E-state index is 11.2. The van der Waals surface area contributed by atoms with Crippen LogP contribution >= 0.6 is 0 Å². The van der Waals surface area contributed by atoms with Crippen LogP contribution in [-0.2, 0) is 14.3 Å². The fourth-order valence-electron chi connectivity index (χ4n) is 2.10. The lowest BCUT2D eigenvalue weighted by molar-refractivity contribution is -0.137. The van der Waals surface area contributed by atoms with E-state index >= 15 is 0 Å². The molecule has 4 nitrogen and oxygen atoms in total. The molecule has 0 aromatic rings. The van der Waals surface area contributed by atoms with Crippen LogP contribution in [0.5, 0.6) is 0 Å². The normalized spacial score (nSPS) is 25.5. The third-order valence-electron chi connectivity index (χ3n) is 3.12. The molecule has 4 heteroatoms. The van der Waals surface area contributed by atoms with Gasteiger partial charge in [0.25, 0.3) is 0 Å². The lowest BCUT2D eigenvalue weighted by Crippen LogP contribution is -2.47. The second-order valence-electron chi connectivity index (χ2n) is 4.57. The number of carbonyl (C=O) groups excluding carboxylic acids is 1. The maximum absolute atomic E-state index is 11.2. The predicted octanol–water partition coefficient (Wildman–Crippen LogP) is 2.00. The quantitative estimate of drug-likeness (QED) is 0.537. The first-order valence-electron chi connectivity index (χ1n) is 6.90. The molecule has 0 spiro atoms. The van der Waals surface area contributed by atoms with Crippen LogP contribution in [0.4, 0.5) is 0 Å². The molecule has 1 aliphatic heterocycles. The summed E-state index contributed by atoms with van der Waals surface area (Å²) in [6, 6.07) is 0. The van der Waals surface area contributed by atoms with Crippen molar-refractivity contribution in [1.29, 1.82) is 0 Å². The average molecular weight is 255 g/mol. The molecule has 1 rings (SSSR count). The minimum absolute atomic E-state index is 0.259. The number of nitrogens with zero attached hydrogens (tertiary/aromatic N) is 1. The molecule has 0 aliphatic carbocycles. The SMILES string of the molecule is CCOC(=O)/C=C/CN1CC(CC)OC(CC)C1. The first kappa shape index (κ1) is 15.2. The summed E-state index contributed by atoms with van der Waals surface area (Å²) in [6.07, 6.45) is 6.10. The summed E-state index contributed by atoms with van der Waals surface area (Å²) in [7, 11) is 0. The van der Waals surface area contributed by atoms with Crippen molar-refractivity contribution in [3.8, 4) is 0 Å². The van der Waals surface area contributed by atoms with Crippen molar-refractivity contribution in [1.82, 2.24) is 4.90 Å². The number of carbonyl (C=O) groups is 1. The summed E-state index contributed by atoms with van der Waals surface area (Å²) in [6.45, 7) is 9.21. The third-order valence-corrected chi connectivity index (χ3v) is 3.12. The molecular weight excluding hydrogens is 230 g/mol. The van der Waals surface area contributed by atoms with Gasteiger partial charge in [-0.05, 0) is 19.8 Å². The van der Waals surface area contributed by atoms with Gasteiger partial charge in [-0.3, -0.25) is 4.90 Å². The van der Waals surface area contributed by atoms with E-state index < -0.39 is 0 Å². The number of morpholine rings is 1. The topological polar surface area (TPSA) is 38.8 Å². The Balaban J connectivity index is 2.38. The van der Waals surface area contributed by atoms with Gasteiger partial charge in [-0.2, -0.15) is 0 Å². The Bertz CT molecular complexity index is 266. The molecule has 1 aliphatic rings. The molecule has 1 heterocycles. The van der Waals surface area contributed by atoms with Gasteiger partial charge in [-0.1, -0.05) is 19.9 Å². The van der Waals surface area contributed by atoms with Gasteiger partial charge in [-0.15, -0.1) is 0 Å². The van der Waals surface area contributed by atoms with Crippen molar-refractivity contribution in [2.24, 2.45) is 0 Å². The summed E-state index contributed by atoms with van der Waals surface area (Å²) >= 11 is 0. The van der Waals surface area contributed by atoms with E-state index in [0.29, 0.717) is 18.8 Å². The van der Waals surface area contributed by atoms with Crippen LogP contribution in [0.3, 0.4) is 0 Å². The van der Waals surface area contributed by atoms with Crippen LogP contribution in [-0.4, -0.2) is 49.3 Å². The lowest BCUT2D eigenvalue weighted by atomic mass is 10.1. The van der Waals surface area contributed by atoms with Crippen molar-refractivity contribution in [2.45, 2.75) is 45.8 Å². The largest absolute Gasteiger partial charge is 0.463 e. The first-order chi connectivity index (χ1) is 8.69. The molecular formula is C14H25NO3. The standard InChI is InChI=1S/C14H25NO3/c1-4-12-10-15(11-13(5-2)18-12)9-7-8-14(16)17-6-3/h7-8,12-13H,4-6,9-11H2,1-3H3/b8-7+. The molecule has 0 radical (unpaired) electrons. The Labute approximate surface area is 110 Å². The second-order valence-corrected chi connectivity index (χ2v) is 4.57. The highest BCUT2D eigenvalue weighted by molar-refractivity contribution is 5.81. The lowest BCUT2D eigenvalue weighted by Gasteiger charge is -2.37. The van der Waals surface area contributed by atoms with Gasteiger partial charge in [0.1, 0.15) is 0 Å². The number of hydrogen-bond acceptors (Lipinski definition) is 4. The fraction of sp³-hybridized carbons (Fsp3) is 0.786. The Morgan fingerprint density at radius 3 is 2.39 bits per heavy atom. The molecule has 18 heavy (non-hydrogen) atoms. The second kappa shape index (κ2) is 8.27. The first-order valence-corrected chi connectivity index (χ1v) is 6.90. The fourth-order valence-corrected chi connectivity index (χ4v) is 2.10. The number of hydrogen-bond donors (Lipinski definition) is 0. The van der Waals surface area contributed by atoms with Gasteiger partial charge in [0.2, 0.25) is 0 Å². The van der Waals surface area contributed by atoms with Gasteiger partial charge in [0.05, 0.1) is 18.8 Å². The molecule has 0 bridgehead atoms. The average Bonchev–Trinajstić information content (AvgIpc) is 2.38. The Kier molecular flexibility index (Phi) is 6.98. The zero-order chi connectivity index (χ0) is 13.4. The zero-order valence-electron chi connectivity index (χ0n) is 11.7. The van der Waals surface area contributed by atoms with Gasteiger partial charge in [0.15, 0.2) is 0 Å². The van der Waals surface area contributed by atoms with Crippen molar-refractivity contribution < 1.29 is 14.3 Å². The van der Waals surface area contributed by atoms with Gasteiger partial charge < -0.3 is 9.47 Å². The number of esters is 1. The molecule has 0 amide bonds. The van der Waals surface area contributed by atoms with Crippen molar-refractivity contribution in [3.63, 3.8) is 0 Å². The van der Waals surface area contributed by atoms with E-state index in [0.717, 1.165) is 32.5 Å². The Hall–Kier alpha value is -0.870. The van der Waals surface area contributed by atoms with Gasteiger partial charge >= 0.3 is 5.97 Å². The molecule has 0 aromatic heterocycles. The van der Waals surface area contributed by atoms with E-state index in [-0.39, 0.29) is 5.97 Å². The van der Waals surface area contributed by atoms with E-state index in [9.17, 15) is 4.79 Å². The number of ether oxygens (including phenoxy) is 2. The van der Waals surface area contributed by atoms with Crippen LogP contribution < -0.4 is 0 Å². The summed E-state index contributed by atoms with van der Waals surface area (Å²) in [5.74, 6) is -0.259.